The van der Waals surface area contributed by atoms with Crippen LogP contribution in [0.25, 0.3) is 43.1 Å². The van der Waals surface area contributed by atoms with Gasteiger partial charge in [-0.3, -0.25) is 0 Å². The maximum atomic E-state index is 5.59. The van der Waals surface area contributed by atoms with E-state index in [4.69, 9.17) is 4.74 Å². The molecule has 0 unspecified atom stereocenters. The number of aryl methyl sites for hydroxylation is 1. The lowest BCUT2D eigenvalue weighted by Gasteiger charge is -2.16. The summed E-state index contributed by atoms with van der Waals surface area (Å²) in [5, 5.41) is 10.5. The molecule has 5 rings (SSSR count). The van der Waals surface area contributed by atoms with Crippen molar-refractivity contribution in [2.45, 2.75) is 6.92 Å². The molecule has 0 radical (unpaired) electrons. The average Bonchev–Trinajstić information content (AvgIpc) is 2.60. The lowest BCUT2D eigenvalue weighted by molar-refractivity contribution is 0.420. The quantitative estimate of drug-likeness (QED) is 0.270. The van der Waals surface area contributed by atoms with Gasteiger partial charge in [0.2, 0.25) is 0 Å². The fourth-order valence-corrected chi connectivity index (χ4v) is 4.01. The van der Waals surface area contributed by atoms with E-state index in [0.29, 0.717) is 0 Å². The molecule has 110 valence electrons. The molecule has 0 amide bonds. The van der Waals surface area contributed by atoms with Crippen LogP contribution in [0.3, 0.4) is 0 Å². The van der Waals surface area contributed by atoms with E-state index in [2.05, 4.69) is 67.6 Å². The maximum Gasteiger partial charge on any atom is 0.126 e. The van der Waals surface area contributed by atoms with Crippen molar-refractivity contribution in [3.63, 3.8) is 0 Å². The van der Waals surface area contributed by atoms with Gasteiger partial charge in [-0.15, -0.1) is 0 Å². The molecule has 0 spiro atoms. The molecular weight excluding hydrogens is 280 g/mol. The van der Waals surface area contributed by atoms with Gasteiger partial charge in [0.1, 0.15) is 5.75 Å². The summed E-state index contributed by atoms with van der Waals surface area (Å²) in [6, 6.07) is 21.9. The molecule has 1 heteroatoms. The van der Waals surface area contributed by atoms with Crippen LogP contribution in [-0.4, -0.2) is 7.11 Å². The number of fused-ring (bicyclic) bond motifs is 2. The molecule has 0 aliphatic carbocycles. The molecule has 23 heavy (non-hydrogen) atoms. The third-order valence-corrected chi connectivity index (χ3v) is 5.06. The fraction of sp³-hybridized carbons (Fsp3) is 0.0909. The van der Waals surface area contributed by atoms with Crippen molar-refractivity contribution in [3.05, 3.63) is 66.2 Å². The highest BCUT2D eigenvalue weighted by Crippen LogP contribution is 2.42. The minimum atomic E-state index is 0.938. The molecule has 0 saturated carbocycles. The van der Waals surface area contributed by atoms with Gasteiger partial charge < -0.3 is 4.74 Å². The molecule has 0 fully saturated rings. The van der Waals surface area contributed by atoms with Crippen molar-refractivity contribution >= 4 is 43.1 Å². The van der Waals surface area contributed by atoms with Crippen LogP contribution in [-0.2, 0) is 0 Å². The molecule has 5 aromatic rings. The van der Waals surface area contributed by atoms with Gasteiger partial charge in [-0.1, -0.05) is 54.6 Å². The molecule has 0 N–H and O–H groups in total. The van der Waals surface area contributed by atoms with Crippen LogP contribution in [0.15, 0.2) is 60.7 Å². The standard InChI is InChI=1S/C22H16O/c1-13-9-10-17-16-7-4-8-19-20(23-2)12-11-18(22(16)19)15-6-3-5-14(13)21(15)17/h3-12H,1-2H3. The van der Waals surface area contributed by atoms with Crippen molar-refractivity contribution < 1.29 is 4.74 Å². The summed E-state index contributed by atoms with van der Waals surface area (Å²) in [7, 11) is 1.74. The molecule has 0 aliphatic rings. The van der Waals surface area contributed by atoms with E-state index in [-0.39, 0.29) is 0 Å². The Morgan fingerprint density at radius 3 is 1.78 bits per heavy atom. The monoisotopic (exact) mass is 296 g/mol. The molecule has 1 nitrogen and oxygen atoms in total. The highest BCUT2D eigenvalue weighted by molar-refractivity contribution is 6.33. The third kappa shape index (κ3) is 1.52. The number of ether oxygens (including phenoxy) is 1. The molecule has 0 aliphatic heterocycles. The van der Waals surface area contributed by atoms with E-state index < -0.39 is 0 Å². The first-order valence-corrected chi connectivity index (χ1v) is 7.92. The zero-order valence-electron chi connectivity index (χ0n) is 13.2. The van der Waals surface area contributed by atoms with Crippen LogP contribution >= 0.6 is 0 Å². The smallest absolute Gasteiger partial charge is 0.126 e. The topological polar surface area (TPSA) is 9.23 Å². The fourth-order valence-electron chi connectivity index (χ4n) is 4.01. The second kappa shape index (κ2) is 4.36. The summed E-state index contributed by atoms with van der Waals surface area (Å²) >= 11 is 0. The Bertz CT molecular complexity index is 1180. The third-order valence-electron chi connectivity index (χ3n) is 5.06. The number of rotatable bonds is 1. The van der Waals surface area contributed by atoms with Crippen LogP contribution in [0.1, 0.15) is 5.56 Å². The Morgan fingerprint density at radius 2 is 1.09 bits per heavy atom. The SMILES string of the molecule is COc1ccc2c3cccc4c(C)ccc(c5cccc1c52)c43. The average molecular weight is 296 g/mol. The number of methoxy groups -OCH3 is 1. The predicted molar refractivity (Wildman–Crippen MR) is 98.9 cm³/mol. The second-order valence-electron chi connectivity index (χ2n) is 6.20. The first kappa shape index (κ1) is 12.7. The van der Waals surface area contributed by atoms with Gasteiger partial charge in [-0.2, -0.15) is 0 Å². The van der Waals surface area contributed by atoms with Crippen molar-refractivity contribution in [2.24, 2.45) is 0 Å². The number of hydrogen-bond acceptors (Lipinski definition) is 1. The van der Waals surface area contributed by atoms with E-state index in [1.54, 1.807) is 7.11 Å². The Kier molecular flexibility index (Phi) is 2.41. The summed E-state index contributed by atoms with van der Waals surface area (Å²) in [4.78, 5) is 0. The maximum absolute atomic E-state index is 5.59. The zero-order valence-corrected chi connectivity index (χ0v) is 13.2. The van der Waals surface area contributed by atoms with E-state index >= 15 is 0 Å². The van der Waals surface area contributed by atoms with Crippen LogP contribution in [0.5, 0.6) is 5.75 Å². The summed E-state index contributed by atoms with van der Waals surface area (Å²) < 4.78 is 5.59. The van der Waals surface area contributed by atoms with Crippen LogP contribution in [0.4, 0.5) is 0 Å². The van der Waals surface area contributed by atoms with E-state index in [1.165, 1.54) is 48.7 Å². The lowest BCUT2D eigenvalue weighted by atomic mass is 9.88. The van der Waals surface area contributed by atoms with E-state index in [0.717, 1.165) is 5.75 Å². The van der Waals surface area contributed by atoms with Gasteiger partial charge >= 0.3 is 0 Å². The Hall–Kier alpha value is -2.80. The summed E-state index contributed by atoms with van der Waals surface area (Å²) in [6.45, 7) is 2.19. The first-order chi connectivity index (χ1) is 11.3. The van der Waals surface area contributed by atoms with E-state index in [1.807, 2.05) is 0 Å². The molecule has 0 saturated heterocycles. The number of benzene rings is 5. The predicted octanol–water partition coefficient (Wildman–Crippen LogP) is 6.05. The molecular formula is C22H16O. The Morgan fingerprint density at radius 1 is 0.565 bits per heavy atom. The summed E-state index contributed by atoms with van der Waals surface area (Å²) in [5.74, 6) is 0.938. The van der Waals surface area contributed by atoms with Crippen LogP contribution in [0, 0.1) is 6.92 Å². The molecule has 5 aromatic carbocycles. The molecule has 0 heterocycles. The van der Waals surface area contributed by atoms with Gasteiger partial charge in [0.25, 0.3) is 0 Å². The minimum Gasteiger partial charge on any atom is -0.496 e. The van der Waals surface area contributed by atoms with Crippen molar-refractivity contribution in [1.82, 2.24) is 0 Å². The molecule has 0 bridgehead atoms. The Labute approximate surface area is 134 Å². The van der Waals surface area contributed by atoms with E-state index in [9.17, 15) is 0 Å². The van der Waals surface area contributed by atoms with Crippen molar-refractivity contribution in [1.29, 1.82) is 0 Å². The minimum absolute atomic E-state index is 0.938. The summed E-state index contributed by atoms with van der Waals surface area (Å²) in [5.41, 5.74) is 1.33. The first-order valence-electron chi connectivity index (χ1n) is 7.92. The van der Waals surface area contributed by atoms with Crippen LogP contribution in [0.2, 0.25) is 0 Å². The Balaban J connectivity index is 2.22. The van der Waals surface area contributed by atoms with Gasteiger partial charge in [0.05, 0.1) is 7.11 Å². The van der Waals surface area contributed by atoms with Gasteiger partial charge in [-0.25, -0.2) is 0 Å². The zero-order chi connectivity index (χ0) is 15.6. The highest BCUT2D eigenvalue weighted by Gasteiger charge is 2.14. The molecule has 0 aromatic heterocycles. The van der Waals surface area contributed by atoms with Gasteiger partial charge in [0.15, 0.2) is 0 Å². The van der Waals surface area contributed by atoms with Gasteiger partial charge in [0, 0.05) is 10.8 Å². The van der Waals surface area contributed by atoms with Crippen molar-refractivity contribution in [2.75, 3.05) is 7.11 Å². The summed E-state index contributed by atoms with van der Waals surface area (Å²) in [6.07, 6.45) is 0. The second-order valence-corrected chi connectivity index (χ2v) is 6.20. The highest BCUT2D eigenvalue weighted by atomic mass is 16.5. The number of hydrogen-bond donors (Lipinski definition) is 0. The lowest BCUT2D eigenvalue weighted by Crippen LogP contribution is -1.90. The molecule has 0 atom stereocenters. The van der Waals surface area contributed by atoms with Crippen LogP contribution < -0.4 is 4.74 Å². The normalized spacial score (nSPS) is 11.9. The van der Waals surface area contributed by atoms with Gasteiger partial charge in [-0.05, 0) is 50.9 Å². The van der Waals surface area contributed by atoms with Crippen molar-refractivity contribution in [3.8, 4) is 5.75 Å². The largest absolute Gasteiger partial charge is 0.496 e.